The summed E-state index contributed by atoms with van der Waals surface area (Å²) in [7, 11) is -1.44. The molecule has 1 amide bonds. The van der Waals surface area contributed by atoms with Crippen LogP contribution in [-0.2, 0) is 17.4 Å². The molecule has 42 heavy (non-hydrogen) atoms. The lowest BCUT2D eigenvalue weighted by Crippen LogP contribution is -2.42. The number of carbonyl (C=O) groups excluding carboxylic acids is 1. The van der Waals surface area contributed by atoms with Gasteiger partial charge in [0, 0.05) is 34.8 Å². The molecule has 5 nitrogen and oxygen atoms in total. The molecule has 1 aliphatic heterocycles. The Morgan fingerprint density at radius 1 is 1.21 bits per heavy atom. The van der Waals surface area contributed by atoms with Gasteiger partial charge in [-0.25, -0.2) is 4.21 Å². The van der Waals surface area contributed by atoms with Crippen LogP contribution < -0.4 is 14.4 Å². The minimum absolute atomic E-state index is 0.157. The highest BCUT2D eigenvalue weighted by Gasteiger charge is 2.38. The second kappa shape index (κ2) is 15.2. The number of benzene rings is 2. The van der Waals surface area contributed by atoms with Crippen LogP contribution in [0.5, 0.6) is 5.75 Å². The predicted molar refractivity (Wildman–Crippen MR) is 177 cm³/mol. The molecule has 1 aliphatic carbocycles. The fraction of sp³-hybridized carbons (Fsp3) is 0.514. The molecule has 228 valence electrons. The second-order valence-corrected chi connectivity index (χ2v) is 14.2. The van der Waals surface area contributed by atoms with E-state index in [9.17, 15) is 9.00 Å². The van der Waals surface area contributed by atoms with Crippen LogP contribution in [0.2, 0.25) is 5.02 Å². The highest BCUT2D eigenvalue weighted by atomic mass is 35.5. The first-order chi connectivity index (χ1) is 20.2. The van der Waals surface area contributed by atoms with Gasteiger partial charge in [-0.05, 0) is 105 Å². The van der Waals surface area contributed by atoms with Gasteiger partial charge in [-0.2, -0.15) is 0 Å². The Morgan fingerprint density at radius 3 is 2.69 bits per heavy atom. The second-order valence-electron chi connectivity index (χ2n) is 12.0. The fourth-order valence-electron chi connectivity index (χ4n) is 6.29. The minimum atomic E-state index is -1.44. The lowest BCUT2D eigenvalue weighted by atomic mass is 9.65. The van der Waals surface area contributed by atoms with E-state index in [-0.39, 0.29) is 17.1 Å². The third-order valence-corrected chi connectivity index (χ3v) is 10.1. The average molecular weight is 611 g/mol. The van der Waals surface area contributed by atoms with Gasteiger partial charge in [0.1, 0.15) is 16.7 Å². The van der Waals surface area contributed by atoms with Gasteiger partial charge in [0.25, 0.3) is 5.91 Å². The summed E-state index contributed by atoms with van der Waals surface area (Å²) in [5.74, 6) is 2.25. The fourth-order valence-corrected chi connectivity index (χ4v) is 7.02. The van der Waals surface area contributed by atoms with Crippen molar-refractivity contribution in [3.05, 3.63) is 82.9 Å². The topological polar surface area (TPSA) is 58.6 Å². The maximum Gasteiger partial charge on any atom is 0.263 e. The Labute approximate surface area is 260 Å². The van der Waals surface area contributed by atoms with Crippen molar-refractivity contribution in [1.82, 2.24) is 4.72 Å². The van der Waals surface area contributed by atoms with Crippen molar-refractivity contribution >= 4 is 34.2 Å². The zero-order valence-electron chi connectivity index (χ0n) is 25.6. The lowest BCUT2D eigenvalue weighted by Gasteiger charge is -2.44. The van der Waals surface area contributed by atoms with E-state index in [4.69, 9.17) is 16.3 Å². The van der Waals surface area contributed by atoms with E-state index in [1.165, 1.54) is 24.0 Å². The lowest BCUT2D eigenvalue weighted by molar-refractivity contribution is 0.0982. The third kappa shape index (κ3) is 7.87. The number of nitrogens with one attached hydrogen (secondary N) is 1. The molecule has 0 bridgehead atoms. The van der Waals surface area contributed by atoms with E-state index >= 15 is 0 Å². The standard InChI is InChI=1S/C35H47ClN2O3S/c1-6-9-12-25(10-7-2)31-16-13-28(31)21-38-22-29(32-17-15-30(36)19-26(32)11-8-3)23-41-34-18-14-27(20-33(34)38)35(39)37-42(40)24(4)5/h7,9,12,14-15,17-20,24-25,28-29,31H,2,6,8,10-11,13,16,21-23H2,1,3-5H3,(H,37,39)/b12-9+. The Morgan fingerprint density at radius 2 is 2.02 bits per heavy atom. The van der Waals surface area contributed by atoms with Crippen molar-refractivity contribution in [2.45, 2.75) is 77.4 Å². The van der Waals surface area contributed by atoms with Crippen LogP contribution in [0.1, 0.15) is 87.2 Å². The first-order valence-electron chi connectivity index (χ1n) is 15.5. The van der Waals surface area contributed by atoms with Crippen LogP contribution in [0.3, 0.4) is 0 Å². The van der Waals surface area contributed by atoms with Crippen molar-refractivity contribution in [3.8, 4) is 5.75 Å². The summed E-state index contributed by atoms with van der Waals surface area (Å²) in [4.78, 5) is 15.5. The van der Waals surface area contributed by atoms with E-state index in [0.717, 1.165) is 55.2 Å². The normalized spacial score (nSPS) is 21.7. The van der Waals surface area contributed by atoms with E-state index in [0.29, 0.717) is 29.9 Å². The van der Waals surface area contributed by atoms with Crippen molar-refractivity contribution in [2.75, 3.05) is 24.6 Å². The summed E-state index contributed by atoms with van der Waals surface area (Å²) in [6.07, 6.45) is 13.2. The molecule has 4 rings (SSSR count). The molecule has 0 aromatic heterocycles. The minimum Gasteiger partial charge on any atom is -0.491 e. The molecule has 1 fully saturated rings. The van der Waals surface area contributed by atoms with Gasteiger partial charge < -0.3 is 9.64 Å². The molecule has 1 heterocycles. The van der Waals surface area contributed by atoms with Crippen LogP contribution in [0.15, 0.2) is 61.2 Å². The molecule has 0 saturated heterocycles. The van der Waals surface area contributed by atoms with Gasteiger partial charge in [-0.1, -0.05) is 56.2 Å². The van der Waals surface area contributed by atoms with Gasteiger partial charge >= 0.3 is 0 Å². The van der Waals surface area contributed by atoms with Crippen molar-refractivity contribution in [2.24, 2.45) is 17.8 Å². The Bertz CT molecular complexity index is 1290. The molecule has 0 spiro atoms. The quantitative estimate of drug-likeness (QED) is 0.232. The highest BCUT2D eigenvalue weighted by Crippen LogP contribution is 2.45. The smallest absolute Gasteiger partial charge is 0.263 e. The van der Waals surface area contributed by atoms with Gasteiger partial charge in [-0.3, -0.25) is 9.52 Å². The van der Waals surface area contributed by atoms with Crippen LogP contribution in [0.4, 0.5) is 5.69 Å². The van der Waals surface area contributed by atoms with Crippen LogP contribution in [-0.4, -0.2) is 35.1 Å². The highest BCUT2D eigenvalue weighted by molar-refractivity contribution is 7.84. The largest absolute Gasteiger partial charge is 0.491 e. The van der Waals surface area contributed by atoms with E-state index in [1.807, 2.05) is 38.1 Å². The van der Waals surface area contributed by atoms with Gasteiger partial charge in [0.15, 0.2) is 0 Å². The number of rotatable bonds is 13. The Kier molecular flexibility index (Phi) is 11.7. The summed E-state index contributed by atoms with van der Waals surface area (Å²) in [5.41, 5.74) is 3.98. The molecule has 1 N–H and O–H groups in total. The molecular weight excluding hydrogens is 564 g/mol. The zero-order chi connectivity index (χ0) is 30.2. The first kappa shape index (κ1) is 32.3. The summed E-state index contributed by atoms with van der Waals surface area (Å²) in [6.45, 7) is 14.3. The van der Waals surface area contributed by atoms with Crippen molar-refractivity contribution in [1.29, 1.82) is 0 Å². The maximum absolute atomic E-state index is 13.1. The summed E-state index contributed by atoms with van der Waals surface area (Å²) >= 11 is 6.42. The zero-order valence-corrected chi connectivity index (χ0v) is 27.2. The van der Waals surface area contributed by atoms with Crippen molar-refractivity contribution < 1.29 is 13.7 Å². The van der Waals surface area contributed by atoms with Crippen LogP contribution in [0, 0.1) is 17.8 Å². The third-order valence-electron chi connectivity index (χ3n) is 8.67. The number of nitrogens with zero attached hydrogens (tertiary/aromatic N) is 1. The SMILES string of the molecule is C=CCC(/C=C/CC)C1CCC1CN1CC(c2ccc(Cl)cc2CCC)COc2ccc(C(=O)NS(=O)C(C)C)cc21. The van der Waals surface area contributed by atoms with E-state index in [2.05, 4.69) is 54.3 Å². The number of ether oxygens (including phenoxy) is 1. The maximum atomic E-state index is 13.1. The molecule has 0 radical (unpaired) electrons. The number of allylic oxidation sites excluding steroid dienone is 3. The molecule has 2 aliphatic rings. The number of hydrogen-bond donors (Lipinski definition) is 1. The first-order valence-corrected chi connectivity index (χ1v) is 17.1. The number of hydrogen-bond acceptors (Lipinski definition) is 4. The number of aryl methyl sites for hydroxylation is 1. The van der Waals surface area contributed by atoms with Crippen molar-refractivity contribution in [3.63, 3.8) is 0 Å². The average Bonchev–Trinajstić information content (AvgIpc) is 3.13. The summed E-state index contributed by atoms with van der Waals surface area (Å²) < 4.78 is 21.5. The molecule has 5 unspecified atom stereocenters. The summed E-state index contributed by atoms with van der Waals surface area (Å²) in [6, 6.07) is 11.8. The Hall–Kier alpha value is -2.57. The van der Waals surface area contributed by atoms with Crippen LogP contribution in [0.25, 0.3) is 0 Å². The Balaban J connectivity index is 1.68. The summed E-state index contributed by atoms with van der Waals surface area (Å²) in [5, 5.41) is 0.602. The number of halogens is 1. The van der Waals surface area contributed by atoms with Gasteiger partial charge in [0.05, 0.1) is 12.3 Å². The predicted octanol–water partition coefficient (Wildman–Crippen LogP) is 8.26. The van der Waals surface area contributed by atoms with Crippen LogP contribution >= 0.6 is 11.6 Å². The van der Waals surface area contributed by atoms with Gasteiger partial charge in [0.2, 0.25) is 0 Å². The monoisotopic (exact) mass is 610 g/mol. The number of amides is 1. The van der Waals surface area contributed by atoms with E-state index in [1.54, 1.807) is 6.07 Å². The molecule has 1 saturated carbocycles. The molecular formula is C35H47ClN2O3S. The molecule has 2 aromatic rings. The van der Waals surface area contributed by atoms with Gasteiger partial charge in [-0.15, -0.1) is 6.58 Å². The number of carbonyl (C=O) groups is 1. The molecule has 5 atom stereocenters. The number of anilines is 1. The number of fused-ring (bicyclic) bond motifs is 1. The van der Waals surface area contributed by atoms with E-state index < -0.39 is 11.0 Å². The molecule has 2 aromatic carbocycles. The molecule has 7 heteroatoms.